The van der Waals surface area contributed by atoms with Crippen LogP contribution in [0.1, 0.15) is 5.56 Å². The van der Waals surface area contributed by atoms with E-state index in [0.717, 1.165) is 17.1 Å². The molecule has 2 heterocycles. The summed E-state index contributed by atoms with van der Waals surface area (Å²) in [5, 5.41) is 0. The number of amides is 1. The fourth-order valence-electron chi connectivity index (χ4n) is 3.36. The number of anilines is 1. The first-order chi connectivity index (χ1) is 16.2. The zero-order valence-electron chi connectivity index (χ0n) is 17.4. The third kappa shape index (κ3) is 4.81. The molecule has 0 spiro atoms. The molecule has 6 nitrogen and oxygen atoms in total. The van der Waals surface area contributed by atoms with Crippen LogP contribution in [0.5, 0.6) is 23.0 Å². The van der Waals surface area contributed by atoms with E-state index in [2.05, 4.69) is 0 Å². The van der Waals surface area contributed by atoms with Crippen molar-refractivity contribution in [2.24, 2.45) is 0 Å². The number of rotatable bonds is 7. The summed E-state index contributed by atoms with van der Waals surface area (Å²) in [5.41, 5.74) is 1.54. The highest BCUT2D eigenvalue weighted by Gasteiger charge is 2.34. The molecular formula is C25H19NO5S2. The molecule has 166 valence electrons. The molecule has 0 saturated carbocycles. The van der Waals surface area contributed by atoms with Gasteiger partial charge in [0.15, 0.2) is 15.8 Å². The Labute approximate surface area is 200 Å². The van der Waals surface area contributed by atoms with Crippen molar-refractivity contribution in [3.05, 3.63) is 83.3 Å². The van der Waals surface area contributed by atoms with E-state index >= 15 is 0 Å². The normalized spacial score (nSPS) is 15.9. The summed E-state index contributed by atoms with van der Waals surface area (Å²) in [6.45, 7) is 1.06. The van der Waals surface area contributed by atoms with Crippen molar-refractivity contribution in [1.82, 2.24) is 0 Å². The van der Waals surface area contributed by atoms with E-state index in [0.29, 0.717) is 39.6 Å². The molecule has 3 aromatic carbocycles. The number of carbonyl (C=O) groups is 1. The van der Waals surface area contributed by atoms with E-state index in [1.165, 1.54) is 16.7 Å². The number of nitrogens with zero attached hydrogens (tertiary/aromatic N) is 1. The summed E-state index contributed by atoms with van der Waals surface area (Å²) in [4.78, 5) is 15.1. The maximum Gasteiger partial charge on any atom is 0.270 e. The van der Waals surface area contributed by atoms with E-state index in [1.54, 1.807) is 18.2 Å². The number of fused-ring (bicyclic) bond motifs is 1. The second-order valence-corrected chi connectivity index (χ2v) is 8.81. The Bertz CT molecular complexity index is 1210. The van der Waals surface area contributed by atoms with Crippen LogP contribution < -0.4 is 23.8 Å². The molecular weight excluding hydrogens is 458 g/mol. The topological polar surface area (TPSA) is 57.2 Å². The lowest BCUT2D eigenvalue weighted by molar-refractivity contribution is -0.113. The largest absolute Gasteiger partial charge is 0.490 e. The van der Waals surface area contributed by atoms with Crippen LogP contribution in [0, 0.1) is 0 Å². The van der Waals surface area contributed by atoms with Gasteiger partial charge in [-0.15, -0.1) is 0 Å². The molecule has 0 unspecified atom stereocenters. The van der Waals surface area contributed by atoms with Gasteiger partial charge in [0.1, 0.15) is 24.7 Å². The summed E-state index contributed by atoms with van der Waals surface area (Å²) in [6, 6.07) is 22.5. The average molecular weight is 478 g/mol. The molecule has 2 aliphatic heterocycles. The predicted molar refractivity (Wildman–Crippen MR) is 132 cm³/mol. The van der Waals surface area contributed by atoms with Gasteiger partial charge < -0.3 is 18.9 Å². The molecule has 1 fully saturated rings. The van der Waals surface area contributed by atoms with Gasteiger partial charge in [-0.1, -0.05) is 54.3 Å². The molecule has 0 N–H and O–H groups in total. The van der Waals surface area contributed by atoms with Crippen LogP contribution in [-0.2, 0) is 4.79 Å². The first kappa shape index (κ1) is 21.4. The second-order valence-electron chi connectivity index (χ2n) is 7.13. The number of thioether (sulfide) groups is 1. The number of hydrogen-bond acceptors (Lipinski definition) is 7. The fraction of sp³-hybridized carbons (Fsp3) is 0.120. The molecule has 3 aromatic rings. The van der Waals surface area contributed by atoms with Crippen molar-refractivity contribution >= 4 is 46.0 Å². The van der Waals surface area contributed by atoms with Gasteiger partial charge in [0.2, 0.25) is 6.79 Å². The molecule has 2 aliphatic rings. The van der Waals surface area contributed by atoms with Crippen molar-refractivity contribution in [1.29, 1.82) is 0 Å². The zero-order chi connectivity index (χ0) is 22.6. The van der Waals surface area contributed by atoms with Gasteiger partial charge in [0.05, 0.1) is 10.6 Å². The minimum absolute atomic E-state index is 0.165. The molecule has 33 heavy (non-hydrogen) atoms. The van der Waals surface area contributed by atoms with Gasteiger partial charge in [0, 0.05) is 6.07 Å². The highest BCUT2D eigenvalue weighted by atomic mass is 32.2. The van der Waals surface area contributed by atoms with E-state index in [9.17, 15) is 4.79 Å². The van der Waals surface area contributed by atoms with Crippen molar-refractivity contribution in [2.75, 3.05) is 24.9 Å². The van der Waals surface area contributed by atoms with Crippen molar-refractivity contribution in [3.8, 4) is 23.0 Å². The van der Waals surface area contributed by atoms with Crippen molar-refractivity contribution in [3.63, 3.8) is 0 Å². The Hall–Kier alpha value is -3.49. The highest BCUT2D eigenvalue weighted by Crippen LogP contribution is 2.40. The summed E-state index contributed by atoms with van der Waals surface area (Å²) in [7, 11) is 0. The van der Waals surface area contributed by atoms with Crippen LogP contribution in [0.25, 0.3) is 6.08 Å². The number of thiocarbonyl (C=S) groups is 1. The highest BCUT2D eigenvalue weighted by molar-refractivity contribution is 8.27. The quantitative estimate of drug-likeness (QED) is 0.261. The first-order valence-corrected chi connectivity index (χ1v) is 11.5. The van der Waals surface area contributed by atoms with Gasteiger partial charge in [-0.3, -0.25) is 9.69 Å². The molecule has 5 rings (SSSR count). The van der Waals surface area contributed by atoms with Gasteiger partial charge in [-0.2, -0.15) is 0 Å². The zero-order valence-corrected chi connectivity index (χ0v) is 19.1. The van der Waals surface area contributed by atoms with Gasteiger partial charge in [-0.05, 0) is 48.0 Å². The number of hydrogen-bond donors (Lipinski definition) is 0. The number of benzene rings is 3. The third-order valence-electron chi connectivity index (χ3n) is 4.95. The summed E-state index contributed by atoms with van der Waals surface area (Å²) in [6.07, 6.45) is 1.83. The Morgan fingerprint density at radius 1 is 0.909 bits per heavy atom. The average Bonchev–Trinajstić information content (AvgIpc) is 3.41. The van der Waals surface area contributed by atoms with Crippen LogP contribution in [0.3, 0.4) is 0 Å². The Kier molecular flexibility index (Phi) is 6.19. The molecule has 1 amide bonds. The maximum atomic E-state index is 13.0. The molecule has 1 saturated heterocycles. The number of para-hydroxylation sites is 1. The molecule has 0 aliphatic carbocycles. The fourth-order valence-corrected chi connectivity index (χ4v) is 4.66. The van der Waals surface area contributed by atoms with Crippen LogP contribution in [0.15, 0.2) is 77.7 Å². The summed E-state index contributed by atoms with van der Waals surface area (Å²) in [5.74, 6) is 2.65. The smallest absolute Gasteiger partial charge is 0.270 e. The van der Waals surface area contributed by atoms with Crippen molar-refractivity contribution in [2.45, 2.75) is 0 Å². The Balaban J connectivity index is 1.20. The van der Waals surface area contributed by atoms with Crippen LogP contribution in [0.2, 0.25) is 0 Å². The van der Waals surface area contributed by atoms with E-state index < -0.39 is 0 Å². The number of carbonyl (C=O) groups excluding carboxylic acids is 1. The Morgan fingerprint density at radius 3 is 2.36 bits per heavy atom. The van der Waals surface area contributed by atoms with E-state index in [-0.39, 0.29) is 12.7 Å². The lowest BCUT2D eigenvalue weighted by atomic mass is 10.2. The van der Waals surface area contributed by atoms with E-state index in [4.69, 9.17) is 31.2 Å². The standard InChI is InChI=1S/C25H19NO5S2/c27-24-23(33-25(32)26(24)18-8-11-21-22(15-18)31-16-30-21)14-17-6-9-20(10-7-17)29-13-12-28-19-4-2-1-3-5-19/h1-11,14-15H,12-13,16H2. The minimum atomic E-state index is -0.165. The van der Waals surface area contributed by atoms with Gasteiger partial charge in [0.25, 0.3) is 5.91 Å². The first-order valence-electron chi connectivity index (χ1n) is 10.3. The Morgan fingerprint density at radius 2 is 1.61 bits per heavy atom. The number of ether oxygens (including phenoxy) is 4. The second kappa shape index (κ2) is 9.56. The molecule has 0 aromatic heterocycles. The lowest BCUT2D eigenvalue weighted by Gasteiger charge is -2.14. The summed E-state index contributed by atoms with van der Waals surface area (Å²) < 4.78 is 22.6. The van der Waals surface area contributed by atoms with Crippen molar-refractivity contribution < 1.29 is 23.7 Å². The molecule has 0 atom stereocenters. The van der Waals surface area contributed by atoms with Crippen LogP contribution in [-0.4, -0.2) is 30.2 Å². The molecule has 0 radical (unpaired) electrons. The minimum Gasteiger partial charge on any atom is -0.490 e. The predicted octanol–water partition coefficient (Wildman–Crippen LogP) is 5.28. The lowest BCUT2D eigenvalue weighted by Crippen LogP contribution is -2.27. The molecule has 8 heteroatoms. The third-order valence-corrected chi connectivity index (χ3v) is 6.25. The summed E-state index contributed by atoms with van der Waals surface area (Å²) >= 11 is 6.73. The van der Waals surface area contributed by atoms with Crippen LogP contribution >= 0.6 is 24.0 Å². The van der Waals surface area contributed by atoms with Gasteiger partial charge in [-0.25, -0.2) is 0 Å². The molecule has 0 bridgehead atoms. The monoisotopic (exact) mass is 477 g/mol. The van der Waals surface area contributed by atoms with Gasteiger partial charge >= 0.3 is 0 Å². The maximum absolute atomic E-state index is 13.0. The van der Waals surface area contributed by atoms with E-state index in [1.807, 2.05) is 60.7 Å². The SMILES string of the molecule is O=C1C(=Cc2ccc(OCCOc3ccccc3)cc2)SC(=S)N1c1ccc2c(c1)OCO2. The van der Waals surface area contributed by atoms with Crippen LogP contribution in [0.4, 0.5) is 5.69 Å².